The van der Waals surface area contributed by atoms with Gasteiger partial charge in [-0.3, -0.25) is 4.55 Å². The molecule has 0 saturated heterocycles. The summed E-state index contributed by atoms with van der Waals surface area (Å²) in [6.07, 6.45) is 0. The van der Waals surface area contributed by atoms with Crippen LogP contribution in [0.3, 0.4) is 0 Å². The van der Waals surface area contributed by atoms with Crippen molar-refractivity contribution in [1.29, 1.82) is 0 Å². The van der Waals surface area contributed by atoms with Crippen molar-refractivity contribution in [2.45, 2.75) is 4.90 Å². The Labute approximate surface area is 134 Å². The third-order valence-electron chi connectivity index (χ3n) is 3.34. The lowest BCUT2D eigenvalue weighted by Gasteiger charge is -2.06. The summed E-state index contributed by atoms with van der Waals surface area (Å²) < 4.78 is 31.2. The van der Waals surface area contributed by atoms with E-state index in [4.69, 9.17) is 9.66 Å². The number of H-pyrrole nitrogens is 1. The number of hydrogen-bond donors (Lipinski definition) is 5. The number of rotatable bonds is 3. The molecule has 9 nitrogen and oxygen atoms in total. The molecule has 2 aromatic carbocycles. The first-order valence-corrected chi connectivity index (χ1v) is 7.87. The van der Waals surface area contributed by atoms with Crippen molar-refractivity contribution in [2.75, 3.05) is 0 Å². The molecule has 0 aliphatic heterocycles. The van der Waals surface area contributed by atoms with Crippen LogP contribution < -0.4 is 0 Å². The minimum absolute atomic E-state index is 0.0204. The number of nitrogens with one attached hydrogen (secondary N) is 1. The molecule has 1 aromatic heterocycles. The normalized spacial score (nSPS) is 11.7. The number of benzene rings is 2. The first-order valence-electron chi connectivity index (χ1n) is 6.43. The smallest absolute Gasteiger partial charge is 0.335 e. The molecule has 0 atom stereocenters. The lowest BCUT2D eigenvalue weighted by molar-refractivity contribution is 0.0697. The molecule has 0 unspecified atom stereocenters. The molecule has 5 N–H and O–H groups in total. The van der Waals surface area contributed by atoms with Crippen LogP contribution in [-0.4, -0.2) is 44.2 Å². The predicted molar refractivity (Wildman–Crippen MR) is 81.6 cm³/mol. The second-order valence-electron chi connectivity index (χ2n) is 4.93. The molecule has 0 fully saturated rings. The maximum atomic E-state index is 11.1. The fourth-order valence-electron chi connectivity index (χ4n) is 2.22. The molecule has 0 amide bonds. The van der Waals surface area contributed by atoms with Gasteiger partial charge < -0.3 is 20.3 Å². The van der Waals surface area contributed by atoms with Gasteiger partial charge in [0.15, 0.2) is 0 Å². The van der Waals surface area contributed by atoms with Crippen LogP contribution in [0.5, 0.6) is 11.5 Å². The third-order valence-corrected chi connectivity index (χ3v) is 4.22. The van der Waals surface area contributed by atoms with Gasteiger partial charge in [-0.15, -0.1) is 0 Å². The van der Waals surface area contributed by atoms with Gasteiger partial charge in [0.2, 0.25) is 0 Å². The van der Waals surface area contributed by atoms with E-state index in [0.717, 1.165) is 6.07 Å². The van der Waals surface area contributed by atoms with Gasteiger partial charge in [-0.2, -0.15) is 8.42 Å². The standard InChI is InChI=1S/C14H10N2O7S/c17-10-5-12(24(21,22)23)11(18)4-7(10)13-15-8-2-1-6(14(19)20)3-9(8)16-13/h1-5,17-18H,(H,15,16)(H,19,20)(H,21,22,23). The molecule has 3 aromatic rings. The Morgan fingerprint density at radius 1 is 1.08 bits per heavy atom. The zero-order valence-corrected chi connectivity index (χ0v) is 12.6. The summed E-state index contributed by atoms with van der Waals surface area (Å²) in [6.45, 7) is 0. The van der Waals surface area contributed by atoms with Gasteiger partial charge in [-0.25, -0.2) is 9.78 Å². The van der Waals surface area contributed by atoms with Gasteiger partial charge >= 0.3 is 5.97 Å². The number of carbonyl (C=O) groups is 1. The number of aromatic carboxylic acids is 1. The van der Waals surface area contributed by atoms with E-state index in [1.807, 2.05) is 0 Å². The number of carboxylic acids is 1. The summed E-state index contributed by atoms with van der Waals surface area (Å²) in [5.41, 5.74) is 0.790. The number of nitrogens with zero attached hydrogens (tertiary/aromatic N) is 1. The number of hydrogen-bond acceptors (Lipinski definition) is 6. The SMILES string of the molecule is O=C(O)c1ccc2[nH]c(-c3cc(O)c(S(=O)(=O)O)cc3O)nc2c1. The van der Waals surface area contributed by atoms with E-state index in [1.54, 1.807) is 0 Å². The van der Waals surface area contributed by atoms with E-state index in [-0.39, 0.29) is 17.0 Å². The highest BCUT2D eigenvalue weighted by atomic mass is 32.2. The average molecular weight is 350 g/mol. The van der Waals surface area contributed by atoms with Gasteiger partial charge in [0, 0.05) is 6.07 Å². The van der Waals surface area contributed by atoms with Crippen molar-refractivity contribution < 1.29 is 33.1 Å². The average Bonchev–Trinajstić information content (AvgIpc) is 2.90. The fourth-order valence-corrected chi connectivity index (χ4v) is 2.80. The maximum absolute atomic E-state index is 11.1. The van der Waals surface area contributed by atoms with Crippen molar-refractivity contribution in [3.63, 3.8) is 0 Å². The minimum Gasteiger partial charge on any atom is -0.507 e. The number of fused-ring (bicyclic) bond motifs is 1. The highest BCUT2D eigenvalue weighted by Crippen LogP contribution is 2.36. The Morgan fingerprint density at radius 3 is 2.42 bits per heavy atom. The van der Waals surface area contributed by atoms with Crippen molar-refractivity contribution in [3.8, 4) is 22.9 Å². The van der Waals surface area contributed by atoms with E-state index < -0.39 is 32.5 Å². The highest BCUT2D eigenvalue weighted by Gasteiger charge is 2.21. The Bertz CT molecular complexity index is 1090. The van der Waals surface area contributed by atoms with E-state index in [2.05, 4.69) is 9.97 Å². The minimum atomic E-state index is -4.70. The predicted octanol–water partition coefficient (Wildman–Crippen LogP) is 1.59. The van der Waals surface area contributed by atoms with Gasteiger partial charge in [-0.05, 0) is 24.3 Å². The number of phenols is 2. The molecular weight excluding hydrogens is 340 g/mol. The molecule has 124 valence electrons. The van der Waals surface area contributed by atoms with Crippen LogP contribution in [0.2, 0.25) is 0 Å². The van der Waals surface area contributed by atoms with E-state index in [1.165, 1.54) is 18.2 Å². The number of aromatic nitrogens is 2. The largest absolute Gasteiger partial charge is 0.507 e. The topological polar surface area (TPSA) is 161 Å². The molecule has 0 spiro atoms. The first-order chi connectivity index (χ1) is 11.2. The van der Waals surface area contributed by atoms with Crippen molar-refractivity contribution in [3.05, 3.63) is 35.9 Å². The van der Waals surface area contributed by atoms with Crippen LogP contribution >= 0.6 is 0 Å². The molecule has 0 aliphatic carbocycles. The second kappa shape index (κ2) is 5.22. The third kappa shape index (κ3) is 2.64. The van der Waals surface area contributed by atoms with Gasteiger partial charge in [-0.1, -0.05) is 0 Å². The Morgan fingerprint density at radius 2 is 1.79 bits per heavy atom. The fraction of sp³-hybridized carbons (Fsp3) is 0. The maximum Gasteiger partial charge on any atom is 0.335 e. The van der Waals surface area contributed by atoms with Crippen molar-refractivity contribution in [1.82, 2.24) is 9.97 Å². The van der Waals surface area contributed by atoms with Crippen LogP contribution in [0.25, 0.3) is 22.4 Å². The second-order valence-corrected chi connectivity index (χ2v) is 6.32. The van der Waals surface area contributed by atoms with Gasteiger partial charge in [0.1, 0.15) is 22.2 Å². The Hall–Kier alpha value is -3.11. The van der Waals surface area contributed by atoms with Crippen molar-refractivity contribution in [2.24, 2.45) is 0 Å². The summed E-state index contributed by atoms with van der Waals surface area (Å²) in [7, 11) is -4.70. The van der Waals surface area contributed by atoms with Crippen LogP contribution in [0.1, 0.15) is 10.4 Å². The Balaban J connectivity index is 2.17. The number of phenolic OH excluding ortho intramolecular Hbond substituents is 2. The monoisotopic (exact) mass is 350 g/mol. The molecule has 1 heterocycles. The first kappa shape index (κ1) is 15.8. The zero-order valence-electron chi connectivity index (χ0n) is 11.8. The van der Waals surface area contributed by atoms with E-state index in [9.17, 15) is 23.4 Å². The summed E-state index contributed by atoms with van der Waals surface area (Å²) >= 11 is 0. The zero-order chi connectivity index (χ0) is 17.6. The van der Waals surface area contributed by atoms with Gasteiger partial charge in [0.25, 0.3) is 10.1 Å². The molecule has 0 aliphatic rings. The lowest BCUT2D eigenvalue weighted by atomic mass is 10.2. The number of imidazole rings is 1. The van der Waals surface area contributed by atoms with Crippen molar-refractivity contribution >= 4 is 27.1 Å². The van der Waals surface area contributed by atoms with Gasteiger partial charge in [0.05, 0.1) is 22.2 Å². The molecule has 3 rings (SSSR count). The number of carboxylic acid groups (broad SMARTS) is 1. The van der Waals surface area contributed by atoms with Crippen LogP contribution in [0.15, 0.2) is 35.2 Å². The summed E-state index contributed by atoms with van der Waals surface area (Å²) in [4.78, 5) is 17.1. The number of aromatic amines is 1. The molecule has 0 radical (unpaired) electrons. The molecule has 0 bridgehead atoms. The summed E-state index contributed by atoms with van der Waals surface area (Å²) in [5.74, 6) is -2.35. The highest BCUT2D eigenvalue weighted by molar-refractivity contribution is 7.86. The van der Waals surface area contributed by atoms with E-state index >= 15 is 0 Å². The molecule has 0 saturated carbocycles. The molecular formula is C14H10N2O7S. The summed E-state index contributed by atoms with van der Waals surface area (Å²) in [5, 5.41) is 28.7. The molecule has 24 heavy (non-hydrogen) atoms. The van der Waals surface area contributed by atoms with Crippen LogP contribution in [0, 0.1) is 0 Å². The summed E-state index contributed by atoms with van der Waals surface area (Å²) in [6, 6.07) is 5.79. The quantitative estimate of drug-likeness (QED) is 0.351. The molecule has 10 heteroatoms. The Kier molecular flexibility index (Phi) is 3.43. The lowest BCUT2D eigenvalue weighted by Crippen LogP contribution is -1.99. The van der Waals surface area contributed by atoms with E-state index in [0.29, 0.717) is 17.1 Å². The van der Waals surface area contributed by atoms with Crippen LogP contribution in [-0.2, 0) is 10.1 Å². The van der Waals surface area contributed by atoms with Crippen LogP contribution in [0.4, 0.5) is 0 Å². The number of aromatic hydroxyl groups is 2.